The maximum absolute atomic E-state index is 10.6. The van der Waals surface area contributed by atoms with Crippen molar-refractivity contribution in [3.8, 4) is 0 Å². The number of aliphatic carboxylic acids is 1. The molecule has 0 aliphatic rings. The molecule has 3 nitrogen and oxygen atoms in total. The van der Waals surface area contributed by atoms with Crippen molar-refractivity contribution in [3.63, 3.8) is 0 Å². The number of aromatic nitrogens is 1. The van der Waals surface area contributed by atoms with E-state index in [9.17, 15) is 4.79 Å². The number of hydrogen-bond acceptors (Lipinski definition) is 3. The maximum Gasteiger partial charge on any atom is 0.328 e. The molecule has 0 aromatic carbocycles. The Labute approximate surface area is 113 Å². The minimum atomic E-state index is -0.907. The molecule has 1 heterocycles. The summed E-state index contributed by atoms with van der Waals surface area (Å²) >= 11 is 1.64. The minimum absolute atomic E-state index is 0.498. The van der Waals surface area contributed by atoms with E-state index in [2.05, 4.69) is 20.8 Å². The lowest BCUT2D eigenvalue weighted by Crippen LogP contribution is -1.95. The molecule has 1 aromatic rings. The van der Waals surface area contributed by atoms with Crippen molar-refractivity contribution in [2.75, 3.05) is 0 Å². The van der Waals surface area contributed by atoms with Crippen molar-refractivity contribution in [1.82, 2.24) is 4.98 Å². The number of thiazole rings is 1. The Morgan fingerprint density at radius 2 is 2.06 bits per heavy atom. The summed E-state index contributed by atoms with van der Waals surface area (Å²) < 4.78 is 0. The Kier molecular flexibility index (Phi) is 6.05. The zero-order valence-corrected chi connectivity index (χ0v) is 12.1. The molecule has 1 rings (SSSR count). The average molecular weight is 267 g/mol. The summed E-state index contributed by atoms with van der Waals surface area (Å²) in [4.78, 5) is 16.3. The standard InChI is InChI=1S/C14H21NO2S/c1-4-7-11-12(8-9-13(16)17)18-14(15-11)10(5-2)6-3/h8-10H,4-7H2,1-3H3,(H,16,17)/b9-8+. The van der Waals surface area contributed by atoms with Gasteiger partial charge in [-0.2, -0.15) is 0 Å². The topological polar surface area (TPSA) is 50.2 Å². The zero-order chi connectivity index (χ0) is 13.5. The summed E-state index contributed by atoms with van der Waals surface area (Å²) in [7, 11) is 0. The Bertz CT molecular complexity index is 419. The second-order valence-corrected chi connectivity index (χ2v) is 5.36. The largest absolute Gasteiger partial charge is 0.478 e. The summed E-state index contributed by atoms with van der Waals surface area (Å²) in [6.07, 6.45) is 6.98. The molecular weight excluding hydrogens is 246 g/mol. The molecular formula is C14H21NO2S. The van der Waals surface area contributed by atoms with Crippen molar-refractivity contribution in [3.05, 3.63) is 21.7 Å². The second kappa shape index (κ2) is 7.31. The second-order valence-electron chi connectivity index (χ2n) is 4.30. The van der Waals surface area contributed by atoms with E-state index in [1.165, 1.54) is 6.08 Å². The fourth-order valence-corrected chi connectivity index (χ4v) is 3.17. The van der Waals surface area contributed by atoms with Crippen LogP contribution >= 0.6 is 11.3 Å². The molecule has 1 aromatic heterocycles. The van der Waals surface area contributed by atoms with E-state index < -0.39 is 5.97 Å². The van der Waals surface area contributed by atoms with E-state index in [0.717, 1.165) is 41.3 Å². The lowest BCUT2D eigenvalue weighted by molar-refractivity contribution is -0.131. The molecule has 0 saturated carbocycles. The lowest BCUT2D eigenvalue weighted by Gasteiger charge is -2.06. The highest BCUT2D eigenvalue weighted by molar-refractivity contribution is 7.12. The van der Waals surface area contributed by atoms with Crippen LogP contribution in [0.4, 0.5) is 0 Å². The Morgan fingerprint density at radius 1 is 1.39 bits per heavy atom. The SMILES string of the molecule is CCCc1nc(C(CC)CC)sc1/C=C/C(=O)O. The normalized spacial score (nSPS) is 11.6. The minimum Gasteiger partial charge on any atom is -0.478 e. The highest BCUT2D eigenvalue weighted by atomic mass is 32.1. The van der Waals surface area contributed by atoms with Crippen molar-refractivity contribution in [2.24, 2.45) is 0 Å². The molecule has 0 radical (unpaired) electrons. The summed E-state index contributed by atoms with van der Waals surface area (Å²) in [5.74, 6) is -0.410. The van der Waals surface area contributed by atoms with E-state index in [0.29, 0.717) is 5.92 Å². The number of carboxylic acid groups (broad SMARTS) is 1. The molecule has 18 heavy (non-hydrogen) atoms. The molecule has 0 bridgehead atoms. The van der Waals surface area contributed by atoms with Gasteiger partial charge in [0.1, 0.15) is 0 Å². The van der Waals surface area contributed by atoms with Gasteiger partial charge in [0.25, 0.3) is 0 Å². The number of nitrogens with zero attached hydrogens (tertiary/aromatic N) is 1. The summed E-state index contributed by atoms with van der Waals surface area (Å²) in [6, 6.07) is 0. The summed E-state index contributed by atoms with van der Waals surface area (Å²) in [5, 5.41) is 9.85. The van der Waals surface area contributed by atoms with Gasteiger partial charge in [-0.15, -0.1) is 11.3 Å². The van der Waals surface area contributed by atoms with Crippen LogP contribution < -0.4 is 0 Å². The quantitative estimate of drug-likeness (QED) is 0.757. The molecule has 0 atom stereocenters. The molecule has 1 N–H and O–H groups in total. The number of rotatable bonds is 7. The average Bonchev–Trinajstić information content (AvgIpc) is 2.72. The van der Waals surface area contributed by atoms with Crippen LogP contribution in [0.15, 0.2) is 6.08 Å². The smallest absolute Gasteiger partial charge is 0.328 e. The molecule has 0 saturated heterocycles. The first-order chi connectivity index (χ1) is 8.62. The predicted octanol–water partition coefficient (Wildman–Crippen LogP) is 4.10. The number of hydrogen-bond donors (Lipinski definition) is 1. The van der Waals surface area contributed by atoms with E-state index in [1.807, 2.05) is 0 Å². The van der Waals surface area contributed by atoms with Gasteiger partial charge in [-0.1, -0.05) is 27.2 Å². The van der Waals surface area contributed by atoms with Crippen molar-refractivity contribution in [2.45, 2.75) is 52.4 Å². The number of carbonyl (C=O) groups is 1. The van der Waals surface area contributed by atoms with Crippen molar-refractivity contribution >= 4 is 23.4 Å². The van der Waals surface area contributed by atoms with Gasteiger partial charge in [-0.05, 0) is 25.3 Å². The monoisotopic (exact) mass is 267 g/mol. The van der Waals surface area contributed by atoms with Crippen molar-refractivity contribution < 1.29 is 9.90 Å². The molecule has 0 amide bonds. The molecule has 0 aliphatic carbocycles. The molecule has 0 fully saturated rings. The highest BCUT2D eigenvalue weighted by Crippen LogP contribution is 2.30. The fraction of sp³-hybridized carbons (Fsp3) is 0.571. The first-order valence-electron chi connectivity index (χ1n) is 6.52. The molecule has 0 unspecified atom stereocenters. The summed E-state index contributed by atoms with van der Waals surface area (Å²) in [6.45, 7) is 6.45. The van der Waals surface area contributed by atoms with Crippen LogP contribution in [0.2, 0.25) is 0 Å². The van der Waals surface area contributed by atoms with Crippen LogP contribution in [-0.2, 0) is 11.2 Å². The number of aryl methyl sites for hydroxylation is 1. The van der Waals surface area contributed by atoms with Crippen LogP contribution in [-0.4, -0.2) is 16.1 Å². The number of carboxylic acids is 1. The van der Waals surface area contributed by atoms with E-state index in [-0.39, 0.29) is 0 Å². The van der Waals surface area contributed by atoms with Gasteiger partial charge in [0.05, 0.1) is 15.6 Å². The Hall–Kier alpha value is -1.16. The van der Waals surface area contributed by atoms with Crippen LogP contribution in [0.25, 0.3) is 6.08 Å². The van der Waals surface area contributed by atoms with Gasteiger partial charge in [0, 0.05) is 12.0 Å². The fourth-order valence-electron chi connectivity index (χ4n) is 1.89. The first-order valence-corrected chi connectivity index (χ1v) is 7.34. The first kappa shape index (κ1) is 14.9. The van der Waals surface area contributed by atoms with Gasteiger partial charge in [-0.3, -0.25) is 0 Å². The van der Waals surface area contributed by atoms with Gasteiger partial charge >= 0.3 is 5.97 Å². The molecule has 4 heteroatoms. The third kappa shape index (κ3) is 3.95. The lowest BCUT2D eigenvalue weighted by atomic mass is 10.1. The Balaban J connectivity index is 3.03. The van der Waals surface area contributed by atoms with Gasteiger partial charge < -0.3 is 5.11 Å². The molecule has 100 valence electrons. The molecule has 0 aliphatic heterocycles. The third-order valence-corrected chi connectivity index (χ3v) is 4.17. The zero-order valence-electron chi connectivity index (χ0n) is 11.3. The Morgan fingerprint density at radius 3 is 2.56 bits per heavy atom. The van der Waals surface area contributed by atoms with E-state index >= 15 is 0 Å². The van der Waals surface area contributed by atoms with E-state index in [4.69, 9.17) is 10.1 Å². The van der Waals surface area contributed by atoms with Crippen LogP contribution in [0, 0.1) is 0 Å². The summed E-state index contributed by atoms with van der Waals surface area (Å²) in [5.41, 5.74) is 1.04. The van der Waals surface area contributed by atoms with Gasteiger partial charge in [0.2, 0.25) is 0 Å². The third-order valence-electron chi connectivity index (χ3n) is 2.94. The van der Waals surface area contributed by atoms with Crippen LogP contribution in [0.3, 0.4) is 0 Å². The predicted molar refractivity (Wildman–Crippen MR) is 76.1 cm³/mol. The molecule has 0 spiro atoms. The van der Waals surface area contributed by atoms with Gasteiger partial charge in [0.15, 0.2) is 0 Å². The van der Waals surface area contributed by atoms with Crippen molar-refractivity contribution in [1.29, 1.82) is 0 Å². The van der Waals surface area contributed by atoms with E-state index in [1.54, 1.807) is 17.4 Å². The van der Waals surface area contributed by atoms with Gasteiger partial charge in [-0.25, -0.2) is 9.78 Å². The van der Waals surface area contributed by atoms with Crippen LogP contribution in [0.1, 0.15) is 61.5 Å². The van der Waals surface area contributed by atoms with Crippen LogP contribution in [0.5, 0.6) is 0 Å². The highest BCUT2D eigenvalue weighted by Gasteiger charge is 2.15. The maximum atomic E-state index is 10.6.